The number of nitrogens with zero attached hydrogens (tertiary/aromatic N) is 1. The molecule has 0 aliphatic heterocycles. The second-order valence-corrected chi connectivity index (χ2v) is 9.78. The summed E-state index contributed by atoms with van der Waals surface area (Å²) < 4.78 is 13.4. The van der Waals surface area contributed by atoms with Gasteiger partial charge in [0.1, 0.15) is 5.82 Å². The fraction of sp³-hybridized carbons (Fsp3) is 0.440. The first-order valence-corrected chi connectivity index (χ1v) is 11.3. The van der Waals surface area contributed by atoms with Gasteiger partial charge >= 0.3 is 6.03 Å². The average molecular weight is 462 g/mol. The maximum atomic E-state index is 13.4. The molecule has 0 aromatic heterocycles. The first kappa shape index (κ1) is 25.7. The Bertz CT molecular complexity index is 897. The molecule has 0 heterocycles. The molecule has 32 heavy (non-hydrogen) atoms. The van der Waals surface area contributed by atoms with E-state index in [1.807, 2.05) is 0 Å². The van der Waals surface area contributed by atoms with Crippen LogP contribution >= 0.6 is 11.6 Å². The van der Waals surface area contributed by atoms with Gasteiger partial charge in [0.05, 0.1) is 0 Å². The molecule has 2 aromatic rings. The van der Waals surface area contributed by atoms with Crippen molar-refractivity contribution < 1.29 is 14.0 Å². The van der Waals surface area contributed by atoms with E-state index in [1.165, 1.54) is 17.0 Å². The summed E-state index contributed by atoms with van der Waals surface area (Å²) in [6.45, 7) is 9.39. The molecule has 2 N–H and O–H groups in total. The summed E-state index contributed by atoms with van der Waals surface area (Å²) in [5, 5.41) is 6.26. The second kappa shape index (κ2) is 11.9. The molecular weight excluding hydrogens is 429 g/mol. The lowest BCUT2D eigenvalue weighted by atomic mass is 9.84. The van der Waals surface area contributed by atoms with Crippen LogP contribution in [0.25, 0.3) is 0 Å². The highest BCUT2D eigenvalue weighted by Gasteiger charge is 2.19. The van der Waals surface area contributed by atoms with E-state index >= 15 is 0 Å². The average Bonchev–Trinajstić information content (AvgIpc) is 2.67. The molecule has 0 bridgehead atoms. The largest absolute Gasteiger partial charge is 0.356 e. The van der Waals surface area contributed by atoms with Gasteiger partial charge in [0.15, 0.2) is 0 Å². The van der Waals surface area contributed by atoms with Crippen molar-refractivity contribution in [3.8, 4) is 0 Å². The Labute approximate surface area is 195 Å². The Morgan fingerprint density at radius 3 is 2.44 bits per heavy atom. The van der Waals surface area contributed by atoms with Gasteiger partial charge in [-0.05, 0) is 66.6 Å². The van der Waals surface area contributed by atoms with Gasteiger partial charge < -0.3 is 10.6 Å². The van der Waals surface area contributed by atoms with Crippen molar-refractivity contribution in [3.63, 3.8) is 0 Å². The van der Waals surface area contributed by atoms with Crippen molar-refractivity contribution in [2.75, 3.05) is 23.3 Å². The lowest BCUT2D eigenvalue weighted by Crippen LogP contribution is -2.37. The van der Waals surface area contributed by atoms with Crippen LogP contribution in [0.5, 0.6) is 0 Å². The van der Waals surface area contributed by atoms with Crippen LogP contribution in [0.4, 0.5) is 20.6 Å². The first-order valence-electron chi connectivity index (χ1n) is 10.9. The molecule has 0 aliphatic carbocycles. The molecule has 0 saturated heterocycles. The number of anilines is 2. The third-order valence-electron chi connectivity index (χ3n) is 4.83. The van der Waals surface area contributed by atoms with Crippen LogP contribution in [-0.2, 0) is 4.79 Å². The molecule has 1 atom stereocenters. The minimum atomic E-state index is -0.374. The second-order valence-electron chi connectivity index (χ2n) is 9.35. The number of halogens is 2. The number of carbonyl (C=O) groups excluding carboxylic acids is 2. The Kier molecular flexibility index (Phi) is 9.51. The molecule has 5 nitrogen and oxygen atoms in total. The molecule has 0 aliphatic rings. The number of carbonyl (C=O) groups is 2. The molecule has 2 rings (SSSR count). The zero-order valence-electron chi connectivity index (χ0n) is 19.3. The lowest BCUT2D eigenvalue weighted by Gasteiger charge is -2.24. The summed E-state index contributed by atoms with van der Waals surface area (Å²) in [7, 11) is 0. The highest BCUT2D eigenvalue weighted by molar-refractivity contribution is 6.30. The fourth-order valence-electron chi connectivity index (χ4n) is 3.70. The number of urea groups is 1. The van der Waals surface area contributed by atoms with E-state index in [0.717, 1.165) is 6.42 Å². The molecule has 1 unspecified atom stereocenters. The van der Waals surface area contributed by atoms with Gasteiger partial charge in [0.25, 0.3) is 0 Å². The van der Waals surface area contributed by atoms with Crippen molar-refractivity contribution in [1.82, 2.24) is 5.32 Å². The smallest absolute Gasteiger partial charge is 0.326 e. The predicted molar refractivity (Wildman–Crippen MR) is 130 cm³/mol. The zero-order valence-corrected chi connectivity index (χ0v) is 20.0. The fourth-order valence-corrected chi connectivity index (χ4v) is 3.89. The van der Waals surface area contributed by atoms with Gasteiger partial charge in [-0.1, -0.05) is 45.4 Å². The molecule has 2 aromatic carbocycles. The minimum Gasteiger partial charge on any atom is -0.356 e. The van der Waals surface area contributed by atoms with Gasteiger partial charge in [0, 0.05) is 35.9 Å². The van der Waals surface area contributed by atoms with E-state index < -0.39 is 0 Å². The molecule has 3 amide bonds. The highest BCUT2D eigenvalue weighted by atomic mass is 35.5. The molecule has 0 radical (unpaired) electrons. The Morgan fingerprint density at radius 1 is 1.12 bits per heavy atom. The number of rotatable bonds is 9. The van der Waals surface area contributed by atoms with Crippen LogP contribution < -0.4 is 15.5 Å². The van der Waals surface area contributed by atoms with Crippen molar-refractivity contribution in [2.45, 2.75) is 47.0 Å². The highest BCUT2D eigenvalue weighted by Crippen LogP contribution is 2.25. The minimum absolute atomic E-state index is 0.0125. The van der Waals surface area contributed by atoms with Crippen LogP contribution in [-0.4, -0.2) is 25.0 Å². The summed E-state index contributed by atoms with van der Waals surface area (Å²) in [5.41, 5.74) is 1.32. The van der Waals surface area contributed by atoms with E-state index in [1.54, 1.807) is 36.4 Å². The van der Waals surface area contributed by atoms with Gasteiger partial charge in [-0.25, -0.2) is 9.18 Å². The third kappa shape index (κ3) is 9.27. The summed E-state index contributed by atoms with van der Waals surface area (Å²) in [6, 6.07) is 12.2. The summed E-state index contributed by atoms with van der Waals surface area (Å²) >= 11 is 6.00. The monoisotopic (exact) mass is 461 g/mol. The lowest BCUT2D eigenvalue weighted by molar-refractivity contribution is -0.122. The summed E-state index contributed by atoms with van der Waals surface area (Å²) in [4.78, 5) is 26.7. The van der Waals surface area contributed by atoms with E-state index in [0.29, 0.717) is 48.2 Å². The van der Waals surface area contributed by atoms with E-state index in [2.05, 4.69) is 38.3 Å². The topological polar surface area (TPSA) is 61.4 Å². The molecule has 0 fully saturated rings. The van der Waals surface area contributed by atoms with Crippen molar-refractivity contribution in [2.24, 2.45) is 11.3 Å². The maximum Gasteiger partial charge on any atom is 0.326 e. The molecule has 7 heteroatoms. The Morgan fingerprint density at radius 2 is 1.81 bits per heavy atom. The molecule has 0 spiro atoms. The number of amides is 3. The van der Waals surface area contributed by atoms with Gasteiger partial charge in [-0.2, -0.15) is 0 Å². The maximum absolute atomic E-state index is 13.4. The number of hydrogen-bond donors (Lipinski definition) is 2. The van der Waals surface area contributed by atoms with Crippen LogP contribution in [0.2, 0.25) is 5.02 Å². The predicted octanol–water partition coefficient (Wildman–Crippen LogP) is 6.49. The number of hydrogen-bond acceptors (Lipinski definition) is 2. The van der Waals surface area contributed by atoms with Gasteiger partial charge in [0.2, 0.25) is 5.91 Å². The first-order chi connectivity index (χ1) is 15.0. The standard InChI is InChI=1S/C25H33ClFN3O2/c1-18(17-25(2,3)4)15-23(31)28-13-6-14-30(22-11-9-20(27)10-12-22)24(32)29-21-8-5-7-19(26)16-21/h5,7-12,16,18H,6,13-15,17H2,1-4H3,(H,28,31)(H,29,32). The van der Waals surface area contributed by atoms with E-state index in [4.69, 9.17) is 11.6 Å². The third-order valence-corrected chi connectivity index (χ3v) is 5.07. The SMILES string of the molecule is CC(CC(=O)NCCCN(C(=O)Nc1cccc(Cl)c1)c1ccc(F)cc1)CC(C)(C)C. The molecule has 174 valence electrons. The number of nitrogens with one attached hydrogen (secondary N) is 2. The van der Waals surface area contributed by atoms with Crippen LogP contribution in [0.3, 0.4) is 0 Å². The van der Waals surface area contributed by atoms with E-state index in [9.17, 15) is 14.0 Å². The van der Waals surface area contributed by atoms with Crippen LogP contribution in [0.15, 0.2) is 48.5 Å². The van der Waals surface area contributed by atoms with Crippen molar-refractivity contribution in [3.05, 3.63) is 59.4 Å². The van der Waals surface area contributed by atoms with Gasteiger partial charge in [-0.3, -0.25) is 9.69 Å². The van der Waals surface area contributed by atoms with Crippen molar-refractivity contribution in [1.29, 1.82) is 0 Å². The zero-order chi connectivity index (χ0) is 23.7. The van der Waals surface area contributed by atoms with Crippen molar-refractivity contribution >= 4 is 34.9 Å². The van der Waals surface area contributed by atoms with Crippen LogP contribution in [0.1, 0.15) is 47.0 Å². The van der Waals surface area contributed by atoms with Gasteiger partial charge in [-0.15, -0.1) is 0 Å². The Balaban J connectivity index is 1.93. The quantitative estimate of drug-likeness (QED) is 0.419. The Hall–Kier alpha value is -2.60. The summed E-state index contributed by atoms with van der Waals surface area (Å²) in [5.74, 6) is -0.0618. The molecule has 0 saturated carbocycles. The van der Waals surface area contributed by atoms with Crippen LogP contribution in [0, 0.1) is 17.2 Å². The van der Waals surface area contributed by atoms with E-state index in [-0.39, 0.29) is 23.2 Å². The summed E-state index contributed by atoms with van der Waals surface area (Å²) in [6.07, 6.45) is 2.01. The normalized spacial score (nSPS) is 12.2. The molecular formula is C25H33ClFN3O2. The number of benzene rings is 2.